The van der Waals surface area contributed by atoms with Gasteiger partial charge in [-0.1, -0.05) is 0 Å². The van der Waals surface area contributed by atoms with E-state index in [1.807, 2.05) is 25.1 Å². The summed E-state index contributed by atoms with van der Waals surface area (Å²) in [5.74, 6) is 1.52. The first kappa shape index (κ1) is 12.8. The smallest absolute Gasteiger partial charge is 0.123 e. The Hall–Kier alpha value is -1.26. The molecule has 0 radical (unpaired) electrons. The molecule has 16 heavy (non-hydrogen) atoms. The Kier molecular flexibility index (Phi) is 5.08. The number of rotatable bonds is 6. The summed E-state index contributed by atoms with van der Waals surface area (Å²) in [4.78, 5) is 0. The highest BCUT2D eigenvalue weighted by Gasteiger charge is 2.13. The van der Waals surface area contributed by atoms with Gasteiger partial charge in [0.25, 0.3) is 0 Å². The Bertz CT molecular complexity index is 328. The predicted molar refractivity (Wildman–Crippen MR) is 63.0 cm³/mol. The molecule has 90 valence electrons. The summed E-state index contributed by atoms with van der Waals surface area (Å²) in [5, 5.41) is 0. The third-order valence-corrected chi connectivity index (χ3v) is 2.34. The van der Waals surface area contributed by atoms with Gasteiger partial charge in [-0.3, -0.25) is 0 Å². The lowest BCUT2D eigenvalue weighted by atomic mass is 10.1. The molecular weight excluding hydrogens is 206 g/mol. The second kappa shape index (κ2) is 6.35. The van der Waals surface area contributed by atoms with Gasteiger partial charge in [0.2, 0.25) is 0 Å². The van der Waals surface area contributed by atoms with Gasteiger partial charge in [-0.15, -0.1) is 0 Å². The fourth-order valence-electron chi connectivity index (χ4n) is 1.46. The monoisotopic (exact) mass is 225 g/mol. The van der Waals surface area contributed by atoms with Crippen molar-refractivity contribution in [2.24, 2.45) is 5.73 Å². The lowest BCUT2D eigenvalue weighted by Crippen LogP contribution is -2.18. The van der Waals surface area contributed by atoms with Crippen molar-refractivity contribution in [1.82, 2.24) is 0 Å². The third-order valence-electron chi connectivity index (χ3n) is 2.34. The molecule has 2 N–H and O–H groups in total. The number of methoxy groups -OCH3 is 2. The van der Waals surface area contributed by atoms with Gasteiger partial charge >= 0.3 is 0 Å². The van der Waals surface area contributed by atoms with Gasteiger partial charge in [0, 0.05) is 12.2 Å². The van der Waals surface area contributed by atoms with Crippen molar-refractivity contribution in [3.63, 3.8) is 0 Å². The largest absolute Gasteiger partial charge is 0.497 e. The topological polar surface area (TPSA) is 53.7 Å². The van der Waals surface area contributed by atoms with Crippen LogP contribution in [0.25, 0.3) is 0 Å². The van der Waals surface area contributed by atoms with Gasteiger partial charge in [0.1, 0.15) is 11.5 Å². The summed E-state index contributed by atoms with van der Waals surface area (Å²) < 4.78 is 15.7. The molecule has 0 fully saturated rings. The Morgan fingerprint density at radius 3 is 2.56 bits per heavy atom. The molecule has 0 aliphatic heterocycles. The van der Waals surface area contributed by atoms with Crippen molar-refractivity contribution in [3.8, 4) is 11.5 Å². The van der Waals surface area contributed by atoms with Crippen molar-refractivity contribution in [2.75, 3.05) is 27.4 Å². The van der Waals surface area contributed by atoms with Crippen LogP contribution < -0.4 is 15.2 Å². The minimum atomic E-state index is -0.204. The molecule has 1 atom stereocenters. The Balaban J connectivity index is 2.89. The van der Waals surface area contributed by atoms with Crippen molar-refractivity contribution >= 4 is 0 Å². The fourth-order valence-corrected chi connectivity index (χ4v) is 1.46. The zero-order chi connectivity index (χ0) is 12.0. The van der Waals surface area contributed by atoms with E-state index in [2.05, 4.69) is 0 Å². The Morgan fingerprint density at radius 1 is 1.25 bits per heavy atom. The standard InChI is InChI=1S/C12H19NO3/c1-4-16-8-11(13)10-7-9(14-2)5-6-12(10)15-3/h5-7,11H,4,8,13H2,1-3H3. The van der Waals surface area contributed by atoms with Crippen molar-refractivity contribution in [1.29, 1.82) is 0 Å². The van der Waals surface area contributed by atoms with Crippen LogP contribution in [-0.2, 0) is 4.74 Å². The van der Waals surface area contributed by atoms with Crippen molar-refractivity contribution in [2.45, 2.75) is 13.0 Å². The SMILES string of the molecule is CCOCC(N)c1cc(OC)ccc1OC. The van der Waals surface area contributed by atoms with E-state index >= 15 is 0 Å². The zero-order valence-electron chi connectivity index (χ0n) is 10.0. The number of hydrogen-bond acceptors (Lipinski definition) is 4. The molecule has 1 unspecified atom stereocenters. The lowest BCUT2D eigenvalue weighted by Gasteiger charge is -2.16. The van der Waals surface area contributed by atoms with E-state index in [0.717, 1.165) is 17.1 Å². The van der Waals surface area contributed by atoms with Crippen LogP contribution in [0.1, 0.15) is 18.5 Å². The molecule has 1 aromatic rings. The maximum atomic E-state index is 6.02. The quantitative estimate of drug-likeness (QED) is 0.801. The Labute approximate surface area is 96.3 Å². The van der Waals surface area contributed by atoms with Crippen LogP contribution in [0.2, 0.25) is 0 Å². The molecule has 1 rings (SSSR count). The summed E-state index contributed by atoms with van der Waals surface area (Å²) in [6, 6.07) is 5.36. The van der Waals surface area contributed by atoms with Crippen LogP contribution in [0, 0.1) is 0 Å². The lowest BCUT2D eigenvalue weighted by molar-refractivity contribution is 0.132. The van der Waals surface area contributed by atoms with Gasteiger partial charge in [0.15, 0.2) is 0 Å². The van der Waals surface area contributed by atoms with Crippen LogP contribution in [-0.4, -0.2) is 27.4 Å². The van der Waals surface area contributed by atoms with E-state index in [1.165, 1.54) is 0 Å². The highest BCUT2D eigenvalue weighted by atomic mass is 16.5. The second-order valence-corrected chi connectivity index (χ2v) is 3.37. The van der Waals surface area contributed by atoms with Crippen LogP contribution in [0.15, 0.2) is 18.2 Å². The molecule has 0 aliphatic rings. The number of hydrogen-bond donors (Lipinski definition) is 1. The van der Waals surface area contributed by atoms with Gasteiger partial charge in [-0.2, -0.15) is 0 Å². The summed E-state index contributed by atoms with van der Waals surface area (Å²) in [5.41, 5.74) is 6.92. The highest BCUT2D eigenvalue weighted by Crippen LogP contribution is 2.28. The molecule has 4 heteroatoms. The minimum Gasteiger partial charge on any atom is -0.497 e. The van der Waals surface area contributed by atoms with Crippen molar-refractivity contribution < 1.29 is 14.2 Å². The first-order chi connectivity index (χ1) is 7.72. The van der Waals surface area contributed by atoms with E-state index in [1.54, 1.807) is 14.2 Å². The molecule has 0 aromatic heterocycles. The average Bonchev–Trinajstić information content (AvgIpc) is 2.35. The molecule has 1 aromatic carbocycles. The Morgan fingerprint density at radius 2 is 2.00 bits per heavy atom. The predicted octanol–water partition coefficient (Wildman–Crippen LogP) is 1.74. The normalized spacial score (nSPS) is 12.2. The average molecular weight is 225 g/mol. The van der Waals surface area contributed by atoms with Gasteiger partial charge in [0.05, 0.1) is 26.9 Å². The third kappa shape index (κ3) is 3.12. The summed E-state index contributed by atoms with van der Waals surface area (Å²) >= 11 is 0. The number of benzene rings is 1. The van der Waals surface area contributed by atoms with E-state index in [-0.39, 0.29) is 6.04 Å². The van der Waals surface area contributed by atoms with Crippen LogP contribution >= 0.6 is 0 Å². The number of nitrogens with two attached hydrogens (primary N) is 1. The summed E-state index contributed by atoms with van der Waals surface area (Å²) in [6.07, 6.45) is 0. The highest BCUT2D eigenvalue weighted by molar-refractivity contribution is 5.42. The maximum absolute atomic E-state index is 6.02. The molecule has 0 bridgehead atoms. The molecule has 0 saturated carbocycles. The van der Waals surface area contributed by atoms with Gasteiger partial charge in [-0.25, -0.2) is 0 Å². The summed E-state index contributed by atoms with van der Waals surface area (Å²) in [7, 11) is 3.25. The van der Waals surface area contributed by atoms with Crippen LogP contribution in [0.4, 0.5) is 0 Å². The van der Waals surface area contributed by atoms with E-state index in [0.29, 0.717) is 13.2 Å². The van der Waals surface area contributed by atoms with Crippen molar-refractivity contribution in [3.05, 3.63) is 23.8 Å². The molecule has 0 spiro atoms. The number of ether oxygens (including phenoxy) is 3. The molecule has 4 nitrogen and oxygen atoms in total. The molecule has 0 amide bonds. The van der Waals surface area contributed by atoms with Crippen LogP contribution in [0.5, 0.6) is 11.5 Å². The second-order valence-electron chi connectivity index (χ2n) is 3.37. The maximum Gasteiger partial charge on any atom is 0.123 e. The molecular formula is C12H19NO3. The van der Waals surface area contributed by atoms with Gasteiger partial charge in [-0.05, 0) is 25.1 Å². The van der Waals surface area contributed by atoms with E-state index < -0.39 is 0 Å². The fraction of sp³-hybridized carbons (Fsp3) is 0.500. The van der Waals surface area contributed by atoms with E-state index in [4.69, 9.17) is 19.9 Å². The molecule has 0 aliphatic carbocycles. The summed E-state index contributed by atoms with van der Waals surface area (Å²) in [6.45, 7) is 3.07. The molecule has 0 saturated heterocycles. The first-order valence-electron chi connectivity index (χ1n) is 5.28. The zero-order valence-corrected chi connectivity index (χ0v) is 10.0. The minimum absolute atomic E-state index is 0.204. The van der Waals surface area contributed by atoms with Crippen LogP contribution in [0.3, 0.4) is 0 Å². The molecule has 0 heterocycles. The van der Waals surface area contributed by atoms with E-state index in [9.17, 15) is 0 Å². The van der Waals surface area contributed by atoms with Gasteiger partial charge < -0.3 is 19.9 Å². The first-order valence-corrected chi connectivity index (χ1v) is 5.28.